The molecule has 1 amide bonds. The van der Waals surface area contributed by atoms with Crippen LogP contribution in [-0.4, -0.2) is 12.5 Å². The van der Waals surface area contributed by atoms with Crippen LogP contribution < -0.4 is 5.32 Å². The molecule has 2 nitrogen and oxygen atoms in total. The lowest BCUT2D eigenvalue weighted by Crippen LogP contribution is -2.32. The highest BCUT2D eigenvalue weighted by Gasteiger charge is 2.25. The standard InChI is InChI=1S/C19H21NO/c21-19(20-14-13-15-7-2-1-3-8-15)18-12-6-10-16-9-4-5-11-17(16)18/h1-5,7-9,11,18H,6,10,12-14H2,(H,20,21). The van der Waals surface area contributed by atoms with Crippen LogP contribution in [0.15, 0.2) is 54.6 Å². The molecule has 0 saturated heterocycles. The molecule has 2 aromatic carbocycles. The van der Waals surface area contributed by atoms with Crippen molar-refractivity contribution in [2.75, 3.05) is 6.54 Å². The van der Waals surface area contributed by atoms with Gasteiger partial charge in [-0.3, -0.25) is 4.79 Å². The molecule has 0 fully saturated rings. The Morgan fingerprint density at radius 3 is 2.67 bits per heavy atom. The molecule has 0 aliphatic heterocycles. The van der Waals surface area contributed by atoms with Crippen molar-refractivity contribution in [1.29, 1.82) is 0 Å². The highest BCUT2D eigenvalue weighted by molar-refractivity contribution is 5.84. The van der Waals surface area contributed by atoms with Gasteiger partial charge in [-0.2, -0.15) is 0 Å². The lowest BCUT2D eigenvalue weighted by atomic mass is 9.82. The average Bonchev–Trinajstić information content (AvgIpc) is 2.55. The van der Waals surface area contributed by atoms with Crippen molar-refractivity contribution in [3.05, 3.63) is 71.3 Å². The highest BCUT2D eigenvalue weighted by atomic mass is 16.1. The van der Waals surface area contributed by atoms with E-state index in [1.165, 1.54) is 16.7 Å². The number of aryl methyl sites for hydroxylation is 1. The molecule has 0 heterocycles. The fourth-order valence-corrected chi connectivity index (χ4v) is 3.12. The van der Waals surface area contributed by atoms with Gasteiger partial charge in [0, 0.05) is 6.54 Å². The summed E-state index contributed by atoms with van der Waals surface area (Å²) in [5.41, 5.74) is 3.83. The Kier molecular flexibility index (Phi) is 4.34. The second-order valence-corrected chi connectivity index (χ2v) is 5.67. The van der Waals surface area contributed by atoms with E-state index >= 15 is 0 Å². The van der Waals surface area contributed by atoms with Crippen LogP contribution >= 0.6 is 0 Å². The Bertz CT molecular complexity index is 606. The van der Waals surface area contributed by atoms with Crippen LogP contribution in [0.4, 0.5) is 0 Å². The molecule has 1 N–H and O–H groups in total. The van der Waals surface area contributed by atoms with Gasteiger partial charge in [-0.25, -0.2) is 0 Å². The predicted octanol–water partition coefficient (Wildman–Crippen LogP) is 3.47. The second kappa shape index (κ2) is 6.57. The Morgan fingerprint density at radius 1 is 1.05 bits per heavy atom. The molecular formula is C19H21NO. The first-order chi connectivity index (χ1) is 10.3. The van der Waals surface area contributed by atoms with Crippen LogP contribution in [-0.2, 0) is 17.6 Å². The zero-order valence-electron chi connectivity index (χ0n) is 12.2. The number of carbonyl (C=O) groups is 1. The SMILES string of the molecule is O=C(NCCc1ccccc1)C1CCCc2ccccc21. The van der Waals surface area contributed by atoms with Gasteiger partial charge in [0.05, 0.1) is 5.92 Å². The number of hydrogen-bond acceptors (Lipinski definition) is 1. The third-order valence-corrected chi connectivity index (χ3v) is 4.24. The molecule has 1 aliphatic rings. The van der Waals surface area contributed by atoms with E-state index in [4.69, 9.17) is 0 Å². The summed E-state index contributed by atoms with van der Waals surface area (Å²) < 4.78 is 0. The van der Waals surface area contributed by atoms with Crippen molar-refractivity contribution < 1.29 is 4.79 Å². The predicted molar refractivity (Wildman–Crippen MR) is 85.3 cm³/mol. The molecule has 0 aromatic heterocycles. The van der Waals surface area contributed by atoms with Crippen molar-refractivity contribution in [3.8, 4) is 0 Å². The summed E-state index contributed by atoms with van der Waals surface area (Å²) in [6, 6.07) is 18.6. The summed E-state index contributed by atoms with van der Waals surface area (Å²) in [6.07, 6.45) is 4.06. The summed E-state index contributed by atoms with van der Waals surface area (Å²) in [7, 11) is 0. The van der Waals surface area contributed by atoms with E-state index in [1.807, 2.05) is 24.3 Å². The van der Waals surface area contributed by atoms with Crippen molar-refractivity contribution >= 4 is 5.91 Å². The van der Waals surface area contributed by atoms with E-state index in [-0.39, 0.29) is 11.8 Å². The number of hydrogen-bond donors (Lipinski definition) is 1. The number of fused-ring (bicyclic) bond motifs is 1. The molecule has 21 heavy (non-hydrogen) atoms. The van der Waals surface area contributed by atoms with Crippen LogP contribution in [0, 0.1) is 0 Å². The Morgan fingerprint density at radius 2 is 1.81 bits per heavy atom. The first-order valence-electron chi connectivity index (χ1n) is 7.74. The number of rotatable bonds is 4. The minimum absolute atomic E-state index is 0.0331. The van der Waals surface area contributed by atoms with Gasteiger partial charge in [0.25, 0.3) is 0 Å². The van der Waals surface area contributed by atoms with Crippen molar-refractivity contribution in [1.82, 2.24) is 5.32 Å². The van der Waals surface area contributed by atoms with Crippen molar-refractivity contribution in [2.45, 2.75) is 31.6 Å². The van der Waals surface area contributed by atoms with E-state index in [2.05, 4.69) is 35.6 Å². The lowest BCUT2D eigenvalue weighted by Gasteiger charge is -2.24. The maximum atomic E-state index is 12.4. The van der Waals surface area contributed by atoms with Crippen LogP contribution in [0.25, 0.3) is 0 Å². The maximum Gasteiger partial charge on any atom is 0.227 e. The minimum Gasteiger partial charge on any atom is -0.355 e. The number of nitrogens with one attached hydrogen (secondary N) is 1. The monoisotopic (exact) mass is 279 g/mol. The quantitative estimate of drug-likeness (QED) is 0.912. The molecule has 2 heteroatoms. The van der Waals surface area contributed by atoms with Gasteiger partial charge in [0.15, 0.2) is 0 Å². The van der Waals surface area contributed by atoms with Gasteiger partial charge in [-0.05, 0) is 42.4 Å². The Labute approximate surface area is 126 Å². The zero-order valence-corrected chi connectivity index (χ0v) is 12.2. The molecule has 1 unspecified atom stereocenters. The zero-order chi connectivity index (χ0) is 14.5. The molecular weight excluding hydrogens is 258 g/mol. The first-order valence-corrected chi connectivity index (χ1v) is 7.74. The minimum atomic E-state index is 0.0331. The third kappa shape index (κ3) is 3.33. The molecule has 2 aromatic rings. The van der Waals surface area contributed by atoms with Crippen LogP contribution in [0.3, 0.4) is 0 Å². The van der Waals surface area contributed by atoms with Gasteiger partial charge in [0.1, 0.15) is 0 Å². The van der Waals surface area contributed by atoms with Crippen LogP contribution in [0.5, 0.6) is 0 Å². The van der Waals surface area contributed by atoms with Crippen LogP contribution in [0.2, 0.25) is 0 Å². The molecule has 3 rings (SSSR count). The molecule has 0 bridgehead atoms. The normalized spacial score (nSPS) is 17.0. The fourth-order valence-electron chi connectivity index (χ4n) is 3.12. The molecule has 0 spiro atoms. The summed E-state index contributed by atoms with van der Waals surface area (Å²) in [4.78, 5) is 12.4. The van der Waals surface area contributed by atoms with Gasteiger partial charge < -0.3 is 5.32 Å². The van der Waals surface area contributed by atoms with E-state index < -0.39 is 0 Å². The van der Waals surface area contributed by atoms with Crippen molar-refractivity contribution in [3.63, 3.8) is 0 Å². The van der Waals surface area contributed by atoms with Crippen molar-refractivity contribution in [2.24, 2.45) is 0 Å². The van der Waals surface area contributed by atoms with Gasteiger partial charge >= 0.3 is 0 Å². The number of amides is 1. The van der Waals surface area contributed by atoms with Gasteiger partial charge in [0.2, 0.25) is 5.91 Å². The summed E-state index contributed by atoms with van der Waals surface area (Å²) >= 11 is 0. The average molecular weight is 279 g/mol. The van der Waals surface area contributed by atoms with Crippen LogP contribution in [0.1, 0.15) is 35.4 Å². The Hall–Kier alpha value is -2.09. The third-order valence-electron chi connectivity index (χ3n) is 4.24. The van der Waals surface area contributed by atoms with E-state index in [9.17, 15) is 4.79 Å². The summed E-state index contributed by atoms with van der Waals surface area (Å²) in [5, 5.41) is 3.10. The smallest absolute Gasteiger partial charge is 0.227 e. The fraction of sp³-hybridized carbons (Fsp3) is 0.316. The van der Waals surface area contributed by atoms with E-state index in [0.717, 1.165) is 25.7 Å². The molecule has 1 atom stereocenters. The number of benzene rings is 2. The largest absolute Gasteiger partial charge is 0.355 e. The van der Waals surface area contributed by atoms with Gasteiger partial charge in [-0.1, -0.05) is 54.6 Å². The Balaban J connectivity index is 1.59. The highest BCUT2D eigenvalue weighted by Crippen LogP contribution is 2.31. The second-order valence-electron chi connectivity index (χ2n) is 5.67. The van der Waals surface area contributed by atoms with E-state index in [1.54, 1.807) is 0 Å². The van der Waals surface area contributed by atoms with Gasteiger partial charge in [-0.15, -0.1) is 0 Å². The maximum absolute atomic E-state index is 12.4. The first kappa shape index (κ1) is 13.9. The molecule has 0 radical (unpaired) electrons. The lowest BCUT2D eigenvalue weighted by molar-refractivity contribution is -0.122. The number of carbonyl (C=O) groups excluding carboxylic acids is 1. The topological polar surface area (TPSA) is 29.1 Å². The molecule has 108 valence electrons. The molecule has 0 saturated carbocycles. The summed E-state index contributed by atoms with van der Waals surface area (Å²) in [5.74, 6) is 0.212. The molecule has 1 aliphatic carbocycles. The van der Waals surface area contributed by atoms with E-state index in [0.29, 0.717) is 6.54 Å². The summed E-state index contributed by atoms with van der Waals surface area (Å²) in [6.45, 7) is 0.710.